The van der Waals surface area contributed by atoms with E-state index in [0.29, 0.717) is 10.2 Å². The number of aromatic nitrogens is 2. The fourth-order valence-electron chi connectivity index (χ4n) is 2.44. The average molecular weight is 330 g/mol. The fraction of sp³-hybridized carbons (Fsp3) is 0.294. The van der Waals surface area contributed by atoms with E-state index >= 15 is 0 Å². The van der Waals surface area contributed by atoms with Gasteiger partial charge in [-0.2, -0.15) is 0 Å². The molecule has 5 nitrogen and oxygen atoms in total. The van der Waals surface area contributed by atoms with Gasteiger partial charge in [0.15, 0.2) is 0 Å². The third-order valence-corrected chi connectivity index (χ3v) is 4.50. The number of nitrogens with zero attached hydrogens (tertiary/aromatic N) is 2. The van der Waals surface area contributed by atoms with Crippen molar-refractivity contribution < 1.29 is 9.84 Å². The Morgan fingerprint density at radius 2 is 2.17 bits per heavy atom. The number of ether oxygens (including phenoxy) is 1. The quantitative estimate of drug-likeness (QED) is 0.781. The molecule has 120 valence electrons. The van der Waals surface area contributed by atoms with Gasteiger partial charge in [0.1, 0.15) is 23.2 Å². The number of aliphatic hydroxyl groups is 1. The zero-order valence-corrected chi connectivity index (χ0v) is 13.8. The first kappa shape index (κ1) is 15.7. The van der Waals surface area contributed by atoms with Crippen molar-refractivity contribution >= 4 is 21.6 Å². The van der Waals surface area contributed by atoms with Gasteiger partial charge < -0.3 is 9.84 Å². The van der Waals surface area contributed by atoms with Crippen LogP contribution in [-0.4, -0.2) is 27.4 Å². The predicted octanol–water partition coefficient (Wildman–Crippen LogP) is 2.51. The summed E-state index contributed by atoms with van der Waals surface area (Å²) in [5, 5.41) is 12.0. The third-order valence-electron chi connectivity index (χ3n) is 3.60. The van der Waals surface area contributed by atoms with Crippen LogP contribution in [0.15, 0.2) is 40.8 Å². The summed E-state index contributed by atoms with van der Waals surface area (Å²) in [5.74, 6) is 0.744. The van der Waals surface area contributed by atoms with Crippen molar-refractivity contribution in [3.63, 3.8) is 0 Å². The lowest BCUT2D eigenvalue weighted by Crippen LogP contribution is -2.30. The monoisotopic (exact) mass is 330 g/mol. The Bertz CT molecular complexity index is 885. The van der Waals surface area contributed by atoms with E-state index in [0.717, 1.165) is 16.9 Å². The fourth-order valence-corrected chi connectivity index (χ4v) is 3.23. The van der Waals surface area contributed by atoms with E-state index < -0.39 is 6.10 Å². The second-order valence-corrected chi connectivity index (χ2v) is 6.49. The molecule has 3 rings (SSSR count). The topological polar surface area (TPSA) is 64.3 Å². The van der Waals surface area contributed by atoms with Crippen LogP contribution >= 0.6 is 11.3 Å². The van der Waals surface area contributed by atoms with Crippen molar-refractivity contribution in [3.05, 3.63) is 57.5 Å². The molecule has 23 heavy (non-hydrogen) atoms. The number of benzene rings is 1. The van der Waals surface area contributed by atoms with Gasteiger partial charge in [0.2, 0.25) is 0 Å². The van der Waals surface area contributed by atoms with Crippen LogP contribution in [0.25, 0.3) is 10.2 Å². The number of aliphatic hydroxyl groups excluding tert-OH is 1. The highest BCUT2D eigenvalue weighted by Gasteiger charge is 2.11. The summed E-state index contributed by atoms with van der Waals surface area (Å²) in [5.41, 5.74) is 2.75. The van der Waals surface area contributed by atoms with Gasteiger partial charge in [0, 0.05) is 0 Å². The highest BCUT2D eigenvalue weighted by atomic mass is 32.1. The summed E-state index contributed by atoms with van der Waals surface area (Å²) in [6, 6.07) is 7.70. The molecule has 0 amide bonds. The summed E-state index contributed by atoms with van der Waals surface area (Å²) in [4.78, 5) is 16.5. The molecular formula is C17H18N2O3S. The molecule has 0 saturated heterocycles. The van der Waals surface area contributed by atoms with E-state index in [1.807, 2.05) is 43.5 Å². The van der Waals surface area contributed by atoms with Gasteiger partial charge in [-0.15, -0.1) is 11.3 Å². The van der Waals surface area contributed by atoms with Crippen LogP contribution in [0.5, 0.6) is 5.75 Å². The molecule has 0 spiro atoms. The van der Waals surface area contributed by atoms with Crippen molar-refractivity contribution in [2.75, 3.05) is 6.61 Å². The normalized spacial score (nSPS) is 12.5. The molecular weight excluding hydrogens is 312 g/mol. The van der Waals surface area contributed by atoms with Gasteiger partial charge in [-0.3, -0.25) is 9.36 Å². The summed E-state index contributed by atoms with van der Waals surface area (Å²) >= 11 is 1.36. The first-order chi connectivity index (χ1) is 11.0. The van der Waals surface area contributed by atoms with E-state index in [9.17, 15) is 9.90 Å². The molecule has 6 heteroatoms. The molecule has 1 atom stereocenters. The molecule has 0 aliphatic carbocycles. The zero-order valence-electron chi connectivity index (χ0n) is 13.0. The summed E-state index contributed by atoms with van der Waals surface area (Å²) < 4.78 is 7.69. The first-order valence-corrected chi connectivity index (χ1v) is 8.23. The van der Waals surface area contributed by atoms with Crippen molar-refractivity contribution in [2.24, 2.45) is 0 Å². The van der Waals surface area contributed by atoms with E-state index in [1.54, 1.807) is 0 Å². The molecule has 0 aliphatic rings. The van der Waals surface area contributed by atoms with Gasteiger partial charge in [0.05, 0.1) is 18.4 Å². The van der Waals surface area contributed by atoms with E-state index in [2.05, 4.69) is 4.98 Å². The highest BCUT2D eigenvalue weighted by molar-refractivity contribution is 7.17. The minimum atomic E-state index is -0.785. The number of hydrogen-bond acceptors (Lipinski definition) is 5. The molecule has 0 saturated carbocycles. The summed E-state index contributed by atoms with van der Waals surface area (Å²) in [7, 11) is 0. The maximum atomic E-state index is 12.3. The van der Waals surface area contributed by atoms with Crippen molar-refractivity contribution in [1.82, 2.24) is 9.55 Å². The molecule has 0 fully saturated rings. The van der Waals surface area contributed by atoms with Gasteiger partial charge in [-0.1, -0.05) is 17.7 Å². The molecule has 1 N–H and O–H groups in total. The second kappa shape index (κ2) is 6.52. The Balaban J connectivity index is 1.67. The first-order valence-electron chi connectivity index (χ1n) is 7.35. The van der Waals surface area contributed by atoms with E-state index in [-0.39, 0.29) is 18.7 Å². The lowest BCUT2D eigenvalue weighted by atomic mass is 10.1. The maximum absolute atomic E-state index is 12.3. The van der Waals surface area contributed by atoms with Crippen LogP contribution in [0.1, 0.15) is 11.1 Å². The number of aryl methyl sites for hydroxylation is 2. The van der Waals surface area contributed by atoms with Crippen molar-refractivity contribution in [1.29, 1.82) is 0 Å². The van der Waals surface area contributed by atoms with Crippen LogP contribution in [0.4, 0.5) is 0 Å². The lowest BCUT2D eigenvalue weighted by molar-refractivity contribution is 0.0911. The minimum Gasteiger partial charge on any atom is -0.491 e. The van der Waals surface area contributed by atoms with E-state index in [1.165, 1.54) is 22.2 Å². The molecule has 1 unspecified atom stereocenters. The smallest absolute Gasteiger partial charge is 0.271 e. The summed E-state index contributed by atoms with van der Waals surface area (Å²) in [6.07, 6.45) is 0.685. The Labute approximate surface area is 137 Å². The SMILES string of the molecule is Cc1ccc(OCC(O)Cn2cnc3ccsc3c2=O)c(C)c1. The van der Waals surface area contributed by atoms with Crippen molar-refractivity contribution in [2.45, 2.75) is 26.5 Å². The van der Waals surface area contributed by atoms with Gasteiger partial charge in [-0.25, -0.2) is 4.98 Å². The molecule has 2 aromatic heterocycles. The van der Waals surface area contributed by atoms with Crippen LogP contribution in [0.2, 0.25) is 0 Å². The van der Waals surface area contributed by atoms with Crippen LogP contribution in [0.3, 0.4) is 0 Å². The maximum Gasteiger partial charge on any atom is 0.271 e. The average Bonchev–Trinajstić information content (AvgIpc) is 2.98. The molecule has 0 bridgehead atoms. The van der Waals surface area contributed by atoms with Gasteiger partial charge in [-0.05, 0) is 36.9 Å². The molecule has 0 aliphatic heterocycles. The Kier molecular flexibility index (Phi) is 4.45. The van der Waals surface area contributed by atoms with Gasteiger partial charge in [0.25, 0.3) is 5.56 Å². The molecule has 0 radical (unpaired) electrons. The van der Waals surface area contributed by atoms with Crippen LogP contribution < -0.4 is 10.3 Å². The minimum absolute atomic E-state index is 0.124. The second-order valence-electron chi connectivity index (χ2n) is 5.57. The standard InChI is InChI=1S/C17H18N2O3S/c1-11-3-4-15(12(2)7-11)22-9-13(20)8-19-10-18-14-5-6-23-16(14)17(19)21/h3-7,10,13,20H,8-9H2,1-2H3. The largest absolute Gasteiger partial charge is 0.491 e. The van der Waals surface area contributed by atoms with E-state index in [4.69, 9.17) is 4.74 Å². The number of hydrogen-bond donors (Lipinski definition) is 1. The number of thiophene rings is 1. The van der Waals surface area contributed by atoms with Crippen LogP contribution in [0, 0.1) is 13.8 Å². The molecule has 2 heterocycles. The Morgan fingerprint density at radius 3 is 2.96 bits per heavy atom. The Morgan fingerprint density at radius 1 is 1.35 bits per heavy atom. The highest BCUT2D eigenvalue weighted by Crippen LogP contribution is 2.19. The third kappa shape index (κ3) is 3.43. The predicted molar refractivity (Wildman–Crippen MR) is 91.3 cm³/mol. The lowest BCUT2D eigenvalue weighted by Gasteiger charge is -2.15. The van der Waals surface area contributed by atoms with Gasteiger partial charge >= 0.3 is 0 Å². The summed E-state index contributed by atoms with van der Waals surface area (Å²) in [6.45, 7) is 4.27. The number of fused-ring (bicyclic) bond motifs is 1. The number of rotatable bonds is 5. The molecule has 3 aromatic rings. The molecule has 1 aromatic carbocycles. The Hall–Kier alpha value is -2.18. The zero-order chi connectivity index (χ0) is 16.4. The van der Waals surface area contributed by atoms with Crippen molar-refractivity contribution in [3.8, 4) is 5.75 Å². The van der Waals surface area contributed by atoms with Crippen LogP contribution in [-0.2, 0) is 6.54 Å².